The molecule has 4 heteroatoms. The molecule has 0 N–H and O–H groups in total. The Morgan fingerprint density at radius 3 is 2.48 bits per heavy atom. The topological polar surface area (TPSA) is 39.2 Å². The molecule has 1 heterocycles. The van der Waals surface area contributed by atoms with Crippen LogP contribution < -0.4 is 0 Å². The van der Waals surface area contributed by atoms with Gasteiger partial charge in [-0.15, -0.1) is 11.3 Å². The van der Waals surface area contributed by atoms with Crippen LogP contribution in [0.3, 0.4) is 0 Å². The van der Waals surface area contributed by atoms with Crippen LogP contribution in [-0.2, 0) is 4.74 Å². The Kier molecular flexibility index (Phi) is 3.32. The standard InChI is InChI=1S/C19H13NO2S/c1-22-19(21)15-11-14(12-7-3-2-4-8-13(12)15)18-20-16-9-5-6-10-17(16)23-18/h2-11H,1H3. The van der Waals surface area contributed by atoms with Gasteiger partial charge in [0.1, 0.15) is 5.01 Å². The third kappa shape index (κ3) is 2.28. The fourth-order valence-electron chi connectivity index (χ4n) is 2.76. The molecule has 0 radical (unpaired) electrons. The Morgan fingerprint density at radius 2 is 1.70 bits per heavy atom. The van der Waals surface area contributed by atoms with E-state index >= 15 is 0 Å². The predicted octanol–water partition coefficient (Wildman–Crippen LogP) is 4.85. The molecule has 0 unspecified atom stereocenters. The van der Waals surface area contributed by atoms with E-state index in [9.17, 15) is 4.79 Å². The normalized spacial score (nSPS) is 11.0. The van der Waals surface area contributed by atoms with E-state index < -0.39 is 0 Å². The van der Waals surface area contributed by atoms with E-state index in [0.717, 1.165) is 31.9 Å². The van der Waals surface area contributed by atoms with Gasteiger partial charge in [-0.1, -0.05) is 42.5 Å². The van der Waals surface area contributed by atoms with Crippen molar-refractivity contribution in [2.75, 3.05) is 7.11 Å². The maximum Gasteiger partial charge on any atom is 0.338 e. The monoisotopic (exact) mass is 319 g/mol. The van der Waals surface area contributed by atoms with E-state index in [1.807, 2.05) is 54.6 Å². The zero-order valence-electron chi connectivity index (χ0n) is 12.4. The Balaban J connectivity index is 1.98. The number of carbonyl (C=O) groups excluding carboxylic acids is 1. The zero-order valence-corrected chi connectivity index (χ0v) is 13.3. The molecule has 0 saturated carbocycles. The summed E-state index contributed by atoms with van der Waals surface area (Å²) in [7, 11) is 1.40. The third-order valence-corrected chi connectivity index (χ3v) is 4.91. The largest absolute Gasteiger partial charge is 0.465 e. The Bertz CT molecular complexity index is 957. The molecule has 112 valence electrons. The zero-order chi connectivity index (χ0) is 15.8. The van der Waals surface area contributed by atoms with Crippen LogP contribution in [-0.4, -0.2) is 18.1 Å². The molecular formula is C19H13NO2S. The van der Waals surface area contributed by atoms with E-state index in [2.05, 4.69) is 6.07 Å². The molecule has 0 amide bonds. The lowest BCUT2D eigenvalue weighted by atomic mass is 10.1. The van der Waals surface area contributed by atoms with Crippen LogP contribution in [0.2, 0.25) is 0 Å². The van der Waals surface area contributed by atoms with Crippen molar-refractivity contribution in [1.29, 1.82) is 0 Å². The summed E-state index contributed by atoms with van der Waals surface area (Å²) in [5.41, 5.74) is 4.41. The van der Waals surface area contributed by atoms with Crippen LogP contribution in [0.5, 0.6) is 0 Å². The number of carbonyl (C=O) groups is 1. The van der Waals surface area contributed by atoms with Crippen LogP contribution in [0.4, 0.5) is 0 Å². The lowest BCUT2D eigenvalue weighted by molar-refractivity contribution is 0.0602. The van der Waals surface area contributed by atoms with Crippen LogP contribution in [0.25, 0.3) is 31.9 Å². The van der Waals surface area contributed by atoms with E-state index in [0.29, 0.717) is 5.56 Å². The average Bonchev–Trinajstić information content (AvgIpc) is 3.07. The van der Waals surface area contributed by atoms with Gasteiger partial charge >= 0.3 is 5.97 Å². The van der Waals surface area contributed by atoms with Crippen LogP contribution >= 0.6 is 11.3 Å². The van der Waals surface area contributed by atoms with Crippen molar-refractivity contribution in [2.24, 2.45) is 0 Å². The molecule has 23 heavy (non-hydrogen) atoms. The van der Waals surface area contributed by atoms with Crippen molar-refractivity contribution in [3.8, 4) is 21.7 Å². The molecule has 0 bridgehead atoms. The molecule has 4 rings (SSSR count). The number of methoxy groups -OCH3 is 1. The minimum absolute atomic E-state index is 0.325. The highest BCUT2D eigenvalue weighted by Crippen LogP contribution is 2.41. The van der Waals surface area contributed by atoms with Gasteiger partial charge in [0.05, 0.1) is 22.9 Å². The minimum atomic E-state index is -0.325. The lowest BCUT2D eigenvalue weighted by Gasteiger charge is -1.99. The first-order chi connectivity index (χ1) is 11.3. The number of aromatic nitrogens is 1. The second-order valence-electron chi connectivity index (χ2n) is 5.19. The molecule has 0 aliphatic heterocycles. The molecule has 2 aromatic rings. The number of hydrogen-bond acceptors (Lipinski definition) is 4. The molecule has 2 aliphatic rings. The van der Waals surface area contributed by atoms with Crippen LogP contribution in [0.1, 0.15) is 10.4 Å². The van der Waals surface area contributed by atoms with Gasteiger partial charge in [-0.05, 0) is 29.3 Å². The number of esters is 1. The summed E-state index contributed by atoms with van der Waals surface area (Å²) in [5, 5.41) is 0.914. The summed E-state index contributed by atoms with van der Waals surface area (Å²) < 4.78 is 6.06. The van der Waals surface area contributed by atoms with Crippen LogP contribution in [0.15, 0.2) is 60.7 Å². The fourth-order valence-corrected chi connectivity index (χ4v) is 3.76. The second kappa shape index (κ2) is 5.48. The molecule has 1 aromatic carbocycles. The molecule has 2 aliphatic carbocycles. The number of fused-ring (bicyclic) bond motifs is 2. The first-order valence-electron chi connectivity index (χ1n) is 7.24. The van der Waals surface area contributed by atoms with Crippen molar-refractivity contribution >= 4 is 27.5 Å². The quantitative estimate of drug-likeness (QED) is 0.496. The van der Waals surface area contributed by atoms with Gasteiger partial charge in [0.15, 0.2) is 0 Å². The van der Waals surface area contributed by atoms with E-state index in [1.54, 1.807) is 11.3 Å². The Hall–Kier alpha value is -2.72. The SMILES string of the molecule is COC(=O)c1cc(-c2nc3ccccc3s2)c2cccccc1-2. The number of para-hydroxylation sites is 1. The Labute approximate surface area is 137 Å². The average molecular weight is 319 g/mol. The van der Waals surface area contributed by atoms with Gasteiger partial charge in [0, 0.05) is 5.56 Å². The van der Waals surface area contributed by atoms with Gasteiger partial charge in [-0.3, -0.25) is 0 Å². The second-order valence-corrected chi connectivity index (χ2v) is 6.22. The molecule has 3 nitrogen and oxygen atoms in total. The highest BCUT2D eigenvalue weighted by atomic mass is 32.1. The third-order valence-electron chi connectivity index (χ3n) is 3.84. The minimum Gasteiger partial charge on any atom is -0.465 e. The maximum atomic E-state index is 12.1. The lowest BCUT2D eigenvalue weighted by Crippen LogP contribution is -1.99. The molecule has 0 spiro atoms. The van der Waals surface area contributed by atoms with Gasteiger partial charge in [0.2, 0.25) is 0 Å². The summed E-state index contributed by atoms with van der Waals surface area (Å²) >= 11 is 1.63. The van der Waals surface area contributed by atoms with Crippen molar-refractivity contribution in [2.45, 2.75) is 0 Å². The molecular weight excluding hydrogens is 306 g/mol. The number of rotatable bonds is 2. The summed E-state index contributed by atoms with van der Waals surface area (Å²) in [6, 6.07) is 19.7. The van der Waals surface area contributed by atoms with Gasteiger partial charge in [-0.2, -0.15) is 0 Å². The number of thiazole rings is 1. The first kappa shape index (κ1) is 13.9. The summed E-state index contributed by atoms with van der Waals surface area (Å²) in [6.07, 6.45) is 0. The Morgan fingerprint density at radius 1 is 0.957 bits per heavy atom. The smallest absolute Gasteiger partial charge is 0.338 e. The number of hydrogen-bond donors (Lipinski definition) is 0. The summed E-state index contributed by atoms with van der Waals surface area (Å²) in [4.78, 5) is 16.8. The highest BCUT2D eigenvalue weighted by Gasteiger charge is 2.22. The van der Waals surface area contributed by atoms with Crippen molar-refractivity contribution < 1.29 is 9.53 Å². The van der Waals surface area contributed by atoms with Crippen molar-refractivity contribution in [3.05, 3.63) is 66.2 Å². The molecule has 0 atom stereocenters. The first-order valence-corrected chi connectivity index (χ1v) is 8.05. The van der Waals surface area contributed by atoms with Gasteiger partial charge in [0.25, 0.3) is 0 Å². The van der Waals surface area contributed by atoms with E-state index in [-0.39, 0.29) is 5.97 Å². The molecule has 0 fully saturated rings. The summed E-state index contributed by atoms with van der Waals surface area (Å²) in [6.45, 7) is 0. The van der Waals surface area contributed by atoms with E-state index in [4.69, 9.17) is 9.72 Å². The van der Waals surface area contributed by atoms with Crippen molar-refractivity contribution in [3.63, 3.8) is 0 Å². The number of benzene rings is 1. The molecule has 0 saturated heterocycles. The fraction of sp³-hybridized carbons (Fsp3) is 0.0526. The van der Waals surface area contributed by atoms with E-state index in [1.165, 1.54) is 7.11 Å². The number of ether oxygens (including phenoxy) is 1. The number of nitrogens with zero attached hydrogens (tertiary/aromatic N) is 1. The van der Waals surface area contributed by atoms with Gasteiger partial charge in [-0.25, -0.2) is 9.78 Å². The maximum absolute atomic E-state index is 12.1. The highest BCUT2D eigenvalue weighted by molar-refractivity contribution is 7.21. The van der Waals surface area contributed by atoms with Crippen LogP contribution in [0, 0.1) is 0 Å². The predicted molar refractivity (Wildman–Crippen MR) is 93.0 cm³/mol. The molecule has 1 aromatic heterocycles. The summed E-state index contributed by atoms with van der Waals surface area (Å²) in [5.74, 6) is -0.325. The van der Waals surface area contributed by atoms with Gasteiger partial charge < -0.3 is 4.74 Å². The van der Waals surface area contributed by atoms with Crippen molar-refractivity contribution in [1.82, 2.24) is 4.98 Å².